The van der Waals surface area contributed by atoms with Gasteiger partial charge in [-0.25, -0.2) is 0 Å². The molecule has 4 fully saturated rings. The van der Waals surface area contributed by atoms with E-state index < -0.39 is 0 Å². The second-order valence-electron chi connectivity index (χ2n) is 9.43. The molecule has 0 saturated heterocycles. The third kappa shape index (κ3) is 4.51. The van der Waals surface area contributed by atoms with Crippen molar-refractivity contribution in [2.45, 2.75) is 57.2 Å². The van der Waals surface area contributed by atoms with Gasteiger partial charge in [0.05, 0.1) is 11.6 Å². The van der Waals surface area contributed by atoms with Gasteiger partial charge in [0.15, 0.2) is 11.5 Å². The molecule has 1 N–H and O–H groups in total. The summed E-state index contributed by atoms with van der Waals surface area (Å²) in [7, 11) is 1.72. The first-order valence-electron chi connectivity index (χ1n) is 10.9. The van der Waals surface area contributed by atoms with E-state index in [9.17, 15) is 0 Å². The average molecular weight is 493 g/mol. The van der Waals surface area contributed by atoms with Crippen LogP contribution in [0.4, 0.5) is 0 Å². The fraction of sp³-hybridized carbons (Fsp3) is 0.520. The Labute approximate surface area is 194 Å². The number of halogens is 2. The van der Waals surface area contributed by atoms with E-state index in [0.717, 1.165) is 45.8 Å². The molecule has 4 bridgehead atoms. The Morgan fingerprint density at radius 3 is 2.20 bits per heavy atom. The number of ether oxygens (including phenoxy) is 2. The normalized spacial score (nSPS) is 28.8. The number of hydrogen-bond donors (Lipinski definition) is 1. The van der Waals surface area contributed by atoms with Crippen LogP contribution in [0.2, 0.25) is 0 Å². The van der Waals surface area contributed by atoms with Gasteiger partial charge in [0.2, 0.25) is 0 Å². The Bertz CT molecular complexity index is 838. The smallest absolute Gasteiger partial charge is 0.175 e. The summed E-state index contributed by atoms with van der Waals surface area (Å²) in [5.74, 6) is 4.45. The molecule has 3 nitrogen and oxygen atoms in total. The van der Waals surface area contributed by atoms with Gasteiger partial charge in [-0.3, -0.25) is 0 Å². The minimum Gasteiger partial charge on any atom is -0.493 e. The maximum absolute atomic E-state index is 6.09. The fourth-order valence-corrected chi connectivity index (χ4v) is 6.97. The summed E-state index contributed by atoms with van der Waals surface area (Å²) >= 11 is 3.71. The fourth-order valence-electron chi connectivity index (χ4n) is 6.36. The highest BCUT2D eigenvalue weighted by molar-refractivity contribution is 9.10. The lowest BCUT2D eigenvalue weighted by atomic mass is 9.53. The highest BCUT2D eigenvalue weighted by Crippen LogP contribution is 2.55. The van der Waals surface area contributed by atoms with Crippen LogP contribution >= 0.6 is 28.3 Å². The lowest BCUT2D eigenvalue weighted by Gasteiger charge is -2.57. The summed E-state index contributed by atoms with van der Waals surface area (Å²) in [6.07, 6.45) is 8.55. The Morgan fingerprint density at radius 2 is 1.60 bits per heavy atom. The largest absolute Gasteiger partial charge is 0.493 e. The van der Waals surface area contributed by atoms with Crippen molar-refractivity contribution in [2.24, 2.45) is 17.8 Å². The summed E-state index contributed by atoms with van der Waals surface area (Å²) in [6.45, 7) is 1.42. The first-order valence-corrected chi connectivity index (χ1v) is 11.7. The van der Waals surface area contributed by atoms with Gasteiger partial charge in [-0.1, -0.05) is 30.3 Å². The molecule has 4 aliphatic carbocycles. The molecular formula is C25H31BrClNO2. The summed E-state index contributed by atoms with van der Waals surface area (Å²) in [4.78, 5) is 0. The molecule has 2 aromatic rings. The highest BCUT2D eigenvalue weighted by atomic mass is 79.9. The average Bonchev–Trinajstić information content (AvgIpc) is 2.71. The maximum atomic E-state index is 6.09. The quantitative estimate of drug-likeness (QED) is 0.477. The van der Waals surface area contributed by atoms with E-state index in [1.54, 1.807) is 7.11 Å². The first-order chi connectivity index (χ1) is 14.1. The van der Waals surface area contributed by atoms with Crippen molar-refractivity contribution in [1.29, 1.82) is 0 Å². The van der Waals surface area contributed by atoms with Crippen LogP contribution in [-0.4, -0.2) is 12.6 Å². The van der Waals surface area contributed by atoms with Crippen molar-refractivity contribution in [3.8, 4) is 11.5 Å². The summed E-state index contributed by atoms with van der Waals surface area (Å²) in [5, 5.41) is 3.98. The number of nitrogens with one attached hydrogen (secondary N) is 1. The van der Waals surface area contributed by atoms with E-state index in [2.05, 4.69) is 45.5 Å². The SMILES string of the molecule is COc1cc(CNC23CC4CC(CC(C4)C2)C3)cc(Br)c1OCc1ccccc1.Cl. The third-order valence-corrected chi connectivity index (χ3v) is 7.81. The van der Waals surface area contributed by atoms with E-state index in [1.165, 1.54) is 44.1 Å². The van der Waals surface area contributed by atoms with E-state index in [-0.39, 0.29) is 12.4 Å². The second kappa shape index (κ2) is 9.10. The summed E-state index contributed by atoms with van der Waals surface area (Å²) in [5.41, 5.74) is 2.77. The van der Waals surface area contributed by atoms with Crippen LogP contribution in [-0.2, 0) is 13.2 Å². The molecule has 4 aliphatic rings. The molecule has 0 heterocycles. The lowest BCUT2D eigenvalue weighted by Crippen LogP contribution is -2.58. The van der Waals surface area contributed by atoms with Gasteiger partial charge in [-0.15, -0.1) is 12.4 Å². The zero-order valence-corrected chi connectivity index (χ0v) is 19.9. The van der Waals surface area contributed by atoms with E-state index in [0.29, 0.717) is 12.1 Å². The monoisotopic (exact) mass is 491 g/mol. The molecule has 0 radical (unpaired) electrons. The van der Waals surface area contributed by atoms with Crippen molar-refractivity contribution >= 4 is 28.3 Å². The number of hydrogen-bond acceptors (Lipinski definition) is 3. The summed E-state index contributed by atoms with van der Waals surface area (Å²) < 4.78 is 12.7. The molecule has 2 aromatic carbocycles. The summed E-state index contributed by atoms with van der Waals surface area (Å²) in [6, 6.07) is 14.5. The molecule has 0 amide bonds. The Hall–Kier alpha value is -1.23. The predicted molar refractivity (Wildman–Crippen MR) is 126 cm³/mol. The van der Waals surface area contributed by atoms with Gasteiger partial charge in [0.25, 0.3) is 0 Å². The zero-order valence-electron chi connectivity index (χ0n) is 17.5. The third-order valence-electron chi connectivity index (χ3n) is 7.22. The number of benzene rings is 2. The van der Waals surface area contributed by atoms with Gasteiger partial charge in [0, 0.05) is 12.1 Å². The van der Waals surface area contributed by atoms with Crippen LogP contribution in [0.1, 0.15) is 49.7 Å². The van der Waals surface area contributed by atoms with Gasteiger partial charge in [-0.05, 0) is 95.5 Å². The molecule has 5 heteroatoms. The van der Waals surface area contributed by atoms with Crippen molar-refractivity contribution in [3.05, 3.63) is 58.1 Å². The topological polar surface area (TPSA) is 30.5 Å². The molecule has 0 spiro atoms. The molecular weight excluding hydrogens is 462 g/mol. The van der Waals surface area contributed by atoms with E-state index in [4.69, 9.17) is 9.47 Å². The van der Waals surface area contributed by atoms with Crippen molar-refractivity contribution in [3.63, 3.8) is 0 Å². The van der Waals surface area contributed by atoms with Gasteiger partial charge < -0.3 is 14.8 Å². The van der Waals surface area contributed by atoms with Crippen molar-refractivity contribution in [1.82, 2.24) is 5.32 Å². The van der Waals surface area contributed by atoms with Crippen LogP contribution in [0, 0.1) is 17.8 Å². The molecule has 0 aliphatic heterocycles. The standard InChI is InChI=1S/C25H30BrNO2.ClH/c1-28-23-11-21(10-22(26)24(23)29-16-17-5-3-2-4-6-17)15-27-25-12-18-7-19(13-25)9-20(8-18)14-25;/h2-6,10-11,18-20,27H,7-9,12-16H2,1H3;1H. The van der Waals surface area contributed by atoms with E-state index >= 15 is 0 Å². The second-order valence-corrected chi connectivity index (χ2v) is 10.3. The van der Waals surface area contributed by atoms with Gasteiger partial charge in [0.1, 0.15) is 6.61 Å². The van der Waals surface area contributed by atoms with Crippen LogP contribution < -0.4 is 14.8 Å². The molecule has 0 unspecified atom stereocenters. The van der Waals surface area contributed by atoms with E-state index in [1.807, 2.05) is 18.2 Å². The van der Waals surface area contributed by atoms with Crippen molar-refractivity contribution in [2.75, 3.05) is 7.11 Å². The van der Waals surface area contributed by atoms with Crippen LogP contribution in [0.25, 0.3) is 0 Å². The molecule has 6 rings (SSSR count). The van der Waals surface area contributed by atoms with Crippen LogP contribution in [0.15, 0.2) is 46.9 Å². The maximum Gasteiger partial charge on any atom is 0.175 e. The number of rotatable bonds is 7. The van der Waals surface area contributed by atoms with Crippen LogP contribution in [0.5, 0.6) is 11.5 Å². The van der Waals surface area contributed by atoms with Gasteiger partial charge in [-0.2, -0.15) is 0 Å². The lowest BCUT2D eigenvalue weighted by molar-refractivity contribution is -0.0206. The molecule has 0 aromatic heterocycles. The Kier molecular flexibility index (Phi) is 6.67. The predicted octanol–water partition coefficient (Wildman–Crippen LogP) is 6.52. The highest BCUT2D eigenvalue weighted by Gasteiger charge is 2.50. The first kappa shape index (κ1) is 22.0. The molecule has 0 atom stereocenters. The Morgan fingerprint density at radius 1 is 0.967 bits per heavy atom. The van der Waals surface area contributed by atoms with Crippen molar-refractivity contribution < 1.29 is 9.47 Å². The number of methoxy groups -OCH3 is 1. The minimum atomic E-state index is 0. The van der Waals surface area contributed by atoms with Crippen LogP contribution in [0.3, 0.4) is 0 Å². The molecule has 4 saturated carbocycles. The molecule has 30 heavy (non-hydrogen) atoms. The Balaban J connectivity index is 0.00000218. The minimum absolute atomic E-state index is 0. The molecule has 162 valence electrons. The van der Waals surface area contributed by atoms with Gasteiger partial charge >= 0.3 is 0 Å². The zero-order chi connectivity index (χ0) is 19.8.